The molecule has 2 unspecified atom stereocenters. The highest BCUT2D eigenvalue weighted by Gasteiger charge is 2.20. The lowest BCUT2D eigenvalue weighted by atomic mass is 10.1. The predicted molar refractivity (Wildman–Crippen MR) is 245 cm³/mol. The summed E-state index contributed by atoms with van der Waals surface area (Å²) in [6.45, 7) is 5.36. The number of allylic oxidation sites excluding steroid dienone is 8. The second kappa shape index (κ2) is 42.2. The topological polar surface area (TPSA) is 94.1 Å². The highest BCUT2D eigenvalue weighted by atomic mass is 31.2. The molecule has 0 N–H and O–H groups in total. The van der Waals surface area contributed by atoms with E-state index in [1.165, 1.54) is 116 Å². The summed E-state index contributed by atoms with van der Waals surface area (Å²) in [7, 11) is 1.34. The minimum Gasteiger partial charge on any atom is -0.756 e. The predicted octanol–water partition coefficient (Wildman–Crippen LogP) is 13.7. The molecule has 0 amide bonds. The van der Waals surface area contributed by atoms with Gasteiger partial charge in [-0.05, 0) is 77.0 Å². The molecular formula is C49H92NO7P. The molecule has 0 aromatic heterocycles. The smallest absolute Gasteiger partial charge is 0.306 e. The van der Waals surface area contributed by atoms with Crippen molar-refractivity contribution in [3.05, 3.63) is 48.6 Å². The molecular weight excluding hydrogens is 746 g/mol. The zero-order chi connectivity index (χ0) is 42.7. The van der Waals surface area contributed by atoms with Crippen molar-refractivity contribution < 1.29 is 37.3 Å². The summed E-state index contributed by atoms with van der Waals surface area (Å²) in [5.41, 5.74) is 0. The van der Waals surface area contributed by atoms with E-state index in [-0.39, 0.29) is 25.8 Å². The van der Waals surface area contributed by atoms with Crippen molar-refractivity contribution in [1.29, 1.82) is 0 Å². The van der Waals surface area contributed by atoms with Crippen molar-refractivity contribution in [3.63, 3.8) is 0 Å². The Bertz CT molecular complexity index is 1070. The van der Waals surface area contributed by atoms with Gasteiger partial charge in [0.1, 0.15) is 19.3 Å². The highest BCUT2D eigenvalue weighted by Crippen LogP contribution is 2.38. The number of carbonyl (C=O) groups excluding carboxylic acids is 1. The monoisotopic (exact) mass is 838 g/mol. The summed E-state index contributed by atoms with van der Waals surface area (Å²) in [6, 6.07) is 0. The molecule has 8 nitrogen and oxygen atoms in total. The van der Waals surface area contributed by atoms with Crippen molar-refractivity contribution in [3.8, 4) is 0 Å². The Morgan fingerprint density at radius 1 is 0.534 bits per heavy atom. The number of ether oxygens (including phenoxy) is 2. The summed E-state index contributed by atoms with van der Waals surface area (Å²) in [5, 5.41) is 0. The van der Waals surface area contributed by atoms with E-state index >= 15 is 0 Å². The first-order valence-corrected chi connectivity index (χ1v) is 25.3. The van der Waals surface area contributed by atoms with Gasteiger partial charge in [-0.3, -0.25) is 9.36 Å². The minimum absolute atomic E-state index is 0.0212. The van der Waals surface area contributed by atoms with Crippen LogP contribution in [0.3, 0.4) is 0 Å². The molecule has 0 aliphatic carbocycles. The largest absolute Gasteiger partial charge is 0.756 e. The lowest BCUT2D eigenvalue weighted by molar-refractivity contribution is -0.870. The van der Waals surface area contributed by atoms with Gasteiger partial charge < -0.3 is 27.9 Å². The van der Waals surface area contributed by atoms with Crippen molar-refractivity contribution in [2.75, 3.05) is 54.1 Å². The van der Waals surface area contributed by atoms with Crippen LogP contribution in [0.15, 0.2) is 48.6 Å². The molecule has 0 radical (unpaired) electrons. The molecule has 0 aromatic rings. The van der Waals surface area contributed by atoms with Gasteiger partial charge in [-0.2, -0.15) is 0 Å². The Morgan fingerprint density at radius 2 is 0.948 bits per heavy atom. The number of carbonyl (C=O) groups is 1. The van der Waals surface area contributed by atoms with Crippen LogP contribution in [0.4, 0.5) is 0 Å². The molecule has 0 aromatic carbocycles. The zero-order valence-corrected chi connectivity index (χ0v) is 39.4. The maximum Gasteiger partial charge on any atom is 0.306 e. The summed E-state index contributed by atoms with van der Waals surface area (Å²) in [5.74, 6) is -0.346. The third-order valence-corrected chi connectivity index (χ3v) is 11.1. The second-order valence-electron chi connectivity index (χ2n) is 17.1. The van der Waals surface area contributed by atoms with Crippen LogP contribution in [0, 0.1) is 0 Å². The van der Waals surface area contributed by atoms with Gasteiger partial charge in [-0.15, -0.1) is 0 Å². The molecule has 58 heavy (non-hydrogen) atoms. The first-order chi connectivity index (χ1) is 28.1. The van der Waals surface area contributed by atoms with Crippen molar-refractivity contribution in [2.45, 2.75) is 206 Å². The lowest BCUT2D eigenvalue weighted by Gasteiger charge is -2.28. The fourth-order valence-electron chi connectivity index (χ4n) is 6.37. The van der Waals surface area contributed by atoms with Gasteiger partial charge in [0.05, 0.1) is 34.4 Å². The number of esters is 1. The summed E-state index contributed by atoms with van der Waals surface area (Å²) in [6.07, 6.45) is 51.2. The quantitative estimate of drug-likeness (QED) is 0.0198. The van der Waals surface area contributed by atoms with Gasteiger partial charge in [0.2, 0.25) is 0 Å². The first kappa shape index (κ1) is 56.5. The average Bonchev–Trinajstić information content (AvgIpc) is 3.18. The number of hydrogen-bond acceptors (Lipinski definition) is 7. The van der Waals surface area contributed by atoms with E-state index < -0.39 is 13.9 Å². The Hall–Kier alpha value is -1.54. The summed E-state index contributed by atoms with van der Waals surface area (Å²) in [4.78, 5) is 25.1. The number of unbranched alkanes of at least 4 members (excludes halogenated alkanes) is 22. The first-order valence-electron chi connectivity index (χ1n) is 23.9. The number of hydrogen-bond donors (Lipinski definition) is 0. The molecule has 0 rings (SSSR count). The summed E-state index contributed by atoms with van der Waals surface area (Å²) < 4.78 is 34.6. The molecule has 0 saturated heterocycles. The maximum atomic E-state index is 12.7. The molecule has 0 spiro atoms. The number of likely N-dealkylation sites (N-methyl/N-ethyl adjacent to an activating group) is 1. The van der Waals surface area contributed by atoms with E-state index in [1.54, 1.807) is 0 Å². The maximum absolute atomic E-state index is 12.7. The van der Waals surface area contributed by atoms with E-state index in [0.29, 0.717) is 24.1 Å². The van der Waals surface area contributed by atoms with E-state index in [9.17, 15) is 14.3 Å². The Kier molecular flexibility index (Phi) is 41.0. The van der Waals surface area contributed by atoms with Crippen molar-refractivity contribution in [2.24, 2.45) is 0 Å². The van der Waals surface area contributed by atoms with Crippen LogP contribution in [0.2, 0.25) is 0 Å². The Labute approximate surface area is 358 Å². The van der Waals surface area contributed by atoms with Crippen LogP contribution >= 0.6 is 7.82 Å². The molecule has 0 saturated carbocycles. The van der Waals surface area contributed by atoms with Crippen LogP contribution in [0.5, 0.6) is 0 Å². The minimum atomic E-state index is -4.53. The zero-order valence-electron chi connectivity index (χ0n) is 38.5. The number of nitrogens with zero attached hydrogens (tertiary/aromatic N) is 1. The fraction of sp³-hybridized carbons (Fsp3) is 0.816. The van der Waals surface area contributed by atoms with Crippen molar-refractivity contribution in [1.82, 2.24) is 0 Å². The molecule has 0 aliphatic rings. The van der Waals surface area contributed by atoms with E-state index in [2.05, 4.69) is 62.5 Å². The molecule has 9 heteroatoms. The molecule has 2 atom stereocenters. The number of phosphoric acid groups is 1. The lowest BCUT2D eigenvalue weighted by Crippen LogP contribution is -2.37. The van der Waals surface area contributed by atoms with Gasteiger partial charge in [-0.1, -0.05) is 165 Å². The van der Waals surface area contributed by atoms with Gasteiger partial charge >= 0.3 is 5.97 Å². The van der Waals surface area contributed by atoms with Gasteiger partial charge in [-0.25, -0.2) is 0 Å². The molecule has 0 bridgehead atoms. The van der Waals surface area contributed by atoms with Crippen LogP contribution in [-0.2, 0) is 27.9 Å². The number of phosphoric ester groups is 1. The number of quaternary nitrogens is 1. The van der Waals surface area contributed by atoms with Gasteiger partial charge in [0.25, 0.3) is 7.82 Å². The normalized spacial score (nSPS) is 14.1. The Balaban J connectivity index is 4.22. The third kappa shape index (κ3) is 45.5. The van der Waals surface area contributed by atoms with Gasteiger partial charge in [0.15, 0.2) is 0 Å². The van der Waals surface area contributed by atoms with E-state index in [4.69, 9.17) is 18.5 Å². The third-order valence-electron chi connectivity index (χ3n) is 10.1. The van der Waals surface area contributed by atoms with Gasteiger partial charge in [0, 0.05) is 13.0 Å². The van der Waals surface area contributed by atoms with E-state index in [0.717, 1.165) is 64.2 Å². The number of rotatable bonds is 44. The Morgan fingerprint density at radius 3 is 1.47 bits per heavy atom. The fourth-order valence-corrected chi connectivity index (χ4v) is 7.10. The molecule has 340 valence electrons. The van der Waals surface area contributed by atoms with Crippen LogP contribution in [0.25, 0.3) is 0 Å². The summed E-state index contributed by atoms with van der Waals surface area (Å²) >= 11 is 0. The van der Waals surface area contributed by atoms with Crippen molar-refractivity contribution >= 4 is 13.8 Å². The SMILES string of the molecule is CCCCC/C=C\C/C=C\C/C=C\CCCCCCCCCOCC(COP(=O)([O-])OCC[N+](C)(C)C)OC(=O)CCCCCCC/C=C\CCCCCCCCC. The molecule has 0 fully saturated rings. The van der Waals surface area contributed by atoms with Crippen LogP contribution < -0.4 is 4.89 Å². The molecule has 0 heterocycles. The van der Waals surface area contributed by atoms with Crippen LogP contribution in [-0.4, -0.2) is 70.7 Å². The van der Waals surface area contributed by atoms with E-state index in [1.807, 2.05) is 21.1 Å². The van der Waals surface area contributed by atoms with Crippen LogP contribution in [0.1, 0.15) is 200 Å². The highest BCUT2D eigenvalue weighted by molar-refractivity contribution is 7.45. The second-order valence-corrected chi connectivity index (χ2v) is 18.5. The standard InChI is InChI=1S/C49H92NO7P/c1-6-8-10-12-14-16-18-20-22-24-25-26-27-29-31-33-35-37-39-41-44-54-46-48(47-56-58(52,53)55-45-43-50(3,4)5)57-49(51)42-40-38-36-34-32-30-28-23-21-19-17-15-13-11-9-7-2/h14,16,20,22-23,25-26,28,48H,6-13,15,17-19,21,24,27,29-47H2,1-5H3/b16-14-,22-20-,26-25-,28-23-. The molecule has 0 aliphatic heterocycles. The average molecular weight is 838 g/mol.